The zero-order chi connectivity index (χ0) is 25.4. The van der Waals surface area contributed by atoms with E-state index in [9.17, 15) is 19.2 Å². The molecule has 0 radical (unpaired) electrons. The third-order valence-electron chi connectivity index (χ3n) is 8.10. The maximum atomic E-state index is 13.7. The first-order valence-corrected chi connectivity index (χ1v) is 12.9. The van der Waals surface area contributed by atoms with Gasteiger partial charge < -0.3 is 19.9 Å². The Kier molecular flexibility index (Phi) is 6.69. The van der Waals surface area contributed by atoms with Gasteiger partial charge in [0.05, 0.1) is 13.2 Å². The highest BCUT2D eigenvalue weighted by atomic mass is 16.5. The van der Waals surface area contributed by atoms with Crippen LogP contribution in [0.4, 0.5) is 0 Å². The molecule has 0 bridgehead atoms. The maximum Gasteiger partial charge on any atom is 0.271 e. The maximum absolute atomic E-state index is 13.7. The topological polar surface area (TPSA) is 109 Å². The number of hydrogen-bond donors (Lipinski definition) is 2. The van der Waals surface area contributed by atoms with Gasteiger partial charge in [-0.15, -0.1) is 0 Å². The predicted octanol–water partition coefficient (Wildman–Crippen LogP) is 3.42. The minimum Gasteiger partial charge on any atom is -0.496 e. The molecule has 1 aromatic carbocycles. The van der Waals surface area contributed by atoms with E-state index in [4.69, 9.17) is 4.74 Å². The fourth-order valence-corrected chi connectivity index (χ4v) is 6.18. The number of H-pyrrole nitrogens is 1. The van der Waals surface area contributed by atoms with E-state index < -0.39 is 12.1 Å². The number of Topliss-reactive ketones (excluding diaryl/α,β-unsaturated/α-hetero) is 2. The van der Waals surface area contributed by atoms with Gasteiger partial charge in [0.25, 0.3) is 5.91 Å². The summed E-state index contributed by atoms with van der Waals surface area (Å²) in [5.74, 6) is 0.0765. The second kappa shape index (κ2) is 9.91. The number of rotatable bonds is 8. The Morgan fingerprint density at radius 1 is 1.28 bits per heavy atom. The fourth-order valence-electron chi connectivity index (χ4n) is 6.18. The number of carbonyl (C=O) groups excluding carboxylic acids is 4. The van der Waals surface area contributed by atoms with Gasteiger partial charge in [-0.3, -0.25) is 19.2 Å². The van der Waals surface area contributed by atoms with E-state index >= 15 is 0 Å². The number of carbonyl (C=O) groups is 4. The van der Waals surface area contributed by atoms with Gasteiger partial charge in [-0.05, 0) is 49.8 Å². The highest BCUT2D eigenvalue weighted by molar-refractivity contribution is 6.02. The summed E-state index contributed by atoms with van der Waals surface area (Å²) in [6.07, 6.45) is 7.61. The van der Waals surface area contributed by atoms with Gasteiger partial charge in [0.2, 0.25) is 5.91 Å². The Labute approximate surface area is 210 Å². The largest absolute Gasteiger partial charge is 0.496 e. The normalized spacial score (nSPS) is 25.8. The number of hydrogen-bond acceptors (Lipinski definition) is 5. The van der Waals surface area contributed by atoms with Crippen molar-refractivity contribution in [2.45, 2.75) is 57.5 Å². The molecule has 3 aliphatic rings. The molecule has 8 nitrogen and oxygen atoms in total. The lowest BCUT2D eigenvalue weighted by molar-refractivity contribution is -0.131. The lowest BCUT2D eigenvalue weighted by Crippen LogP contribution is -2.53. The molecule has 190 valence electrons. The van der Waals surface area contributed by atoms with E-state index in [1.54, 1.807) is 25.0 Å². The number of benzene rings is 1. The summed E-state index contributed by atoms with van der Waals surface area (Å²) in [5, 5.41) is 3.76. The van der Waals surface area contributed by atoms with Crippen LogP contribution >= 0.6 is 0 Å². The van der Waals surface area contributed by atoms with E-state index in [1.807, 2.05) is 18.2 Å². The van der Waals surface area contributed by atoms with Gasteiger partial charge in [-0.1, -0.05) is 25.1 Å². The van der Waals surface area contributed by atoms with Crippen molar-refractivity contribution in [2.75, 3.05) is 13.7 Å². The van der Waals surface area contributed by atoms with Crippen molar-refractivity contribution in [3.8, 4) is 5.75 Å². The molecule has 2 amide bonds. The highest BCUT2D eigenvalue weighted by Crippen LogP contribution is 2.39. The van der Waals surface area contributed by atoms with Crippen molar-refractivity contribution in [1.29, 1.82) is 0 Å². The quantitative estimate of drug-likeness (QED) is 0.550. The summed E-state index contributed by atoms with van der Waals surface area (Å²) in [6, 6.07) is 5.95. The molecule has 8 heteroatoms. The predicted molar refractivity (Wildman–Crippen MR) is 135 cm³/mol. The fraction of sp³-hybridized carbons (Fsp3) is 0.500. The van der Waals surface area contributed by atoms with Crippen molar-refractivity contribution < 1.29 is 23.9 Å². The molecular weight excluding hydrogens is 458 g/mol. The Morgan fingerprint density at radius 3 is 2.83 bits per heavy atom. The summed E-state index contributed by atoms with van der Waals surface area (Å²) < 4.78 is 5.43. The van der Waals surface area contributed by atoms with Crippen molar-refractivity contribution in [1.82, 2.24) is 15.2 Å². The molecule has 2 aromatic rings. The summed E-state index contributed by atoms with van der Waals surface area (Å²) in [7, 11) is 1.59. The number of ketones is 2. The molecule has 2 fully saturated rings. The van der Waals surface area contributed by atoms with Crippen LogP contribution in [0.2, 0.25) is 0 Å². The number of likely N-dealkylation sites (tertiary alicyclic amines) is 1. The number of allylic oxidation sites excluding steroid dienone is 1. The van der Waals surface area contributed by atoms with E-state index in [0.29, 0.717) is 37.3 Å². The zero-order valence-electron chi connectivity index (χ0n) is 20.8. The molecule has 5 atom stereocenters. The number of methoxy groups -OCH3 is 1. The molecule has 1 saturated carbocycles. The van der Waals surface area contributed by atoms with Gasteiger partial charge >= 0.3 is 0 Å². The van der Waals surface area contributed by atoms with Crippen LogP contribution in [0.5, 0.6) is 5.75 Å². The Hall–Kier alpha value is -3.42. The Balaban J connectivity index is 1.40. The van der Waals surface area contributed by atoms with Crippen LogP contribution in [-0.2, 0) is 14.4 Å². The molecule has 5 rings (SSSR count). The number of aromatic nitrogens is 1. The summed E-state index contributed by atoms with van der Waals surface area (Å²) in [4.78, 5) is 57.2. The summed E-state index contributed by atoms with van der Waals surface area (Å²) in [5.41, 5.74) is 1.18. The van der Waals surface area contributed by atoms with Gasteiger partial charge in [-0.2, -0.15) is 0 Å². The lowest BCUT2D eigenvalue weighted by atomic mass is 9.91. The monoisotopic (exact) mass is 491 g/mol. The second-order valence-electron chi connectivity index (χ2n) is 10.2. The van der Waals surface area contributed by atoms with E-state index in [1.165, 1.54) is 0 Å². The number of fused-ring (bicyclic) bond motifs is 2. The third kappa shape index (κ3) is 4.33. The summed E-state index contributed by atoms with van der Waals surface area (Å²) in [6.45, 7) is 2.21. The first-order chi connectivity index (χ1) is 17.4. The summed E-state index contributed by atoms with van der Waals surface area (Å²) >= 11 is 0. The lowest BCUT2D eigenvalue weighted by Gasteiger charge is -2.29. The van der Waals surface area contributed by atoms with Gasteiger partial charge in [0.1, 0.15) is 23.3 Å². The van der Waals surface area contributed by atoms with Crippen LogP contribution in [0, 0.1) is 17.8 Å². The van der Waals surface area contributed by atoms with Crippen molar-refractivity contribution in [2.24, 2.45) is 17.8 Å². The molecule has 36 heavy (non-hydrogen) atoms. The van der Waals surface area contributed by atoms with Gasteiger partial charge in [0, 0.05) is 42.1 Å². The number of ether oxygens (including phenoxy) is 1. The minimum absolute atomic E-state index is 0.0293. The van der Waals surface area contributed by atoms with Crippen LogP contribution < -0.4 is 10.1 Å². The van der Waals surface area contributed by atoms with Crippen molar-refractivity contribution in [3.63, 3.8) is 0 Å². The molecule has 5 unspecified atom stereocenters. The molecule has 2 aliphatic carbocycles. The third-order valence-corrected chi connectivity index (χ3v) is 8.10. The molecule has 1 saturated heterocycles. The number of nitrogens with one attached hydrogen (secondary N) is 2. The molecule has 2 N–H and O–H groups in total. The van der Waals surface area contributed by atoms with E-state index in [0.717, 1.165) is 23.7 Å². The molecular formula is C28H33N3O5. The number of nitrogens with zero attached hydrogens (tertiary/aromatic N) is 1. The first kappa shape index (κ1) is 24.3. The van der Waals surface area contributed by atoms with Crippen LogP contribution in [-0.4, -0.2) is 59.0 Å². The van der Waals surface area contributed by atoms with Gasteiger partial charge in [0.15, 0.2) is 5.78 Å². The van der Waals surface area contributed by atoms with Gasteiger partial charge in [-0.25, -0.2) is 0 Å². The van der Waals surface area contributed by atoms with E-state index in [2.05, 4.69) is 22.5 Å². The molecule has 1 aromatic heterocycles. The number of amides is 2. The molecule has 2 heterocycles. The smallest absolute Gasteiger partial charge is 0.271 e. The average molecular weight is 492 g/mol. The van der Waals surface area contributed by atoms with Crippen molar-refractivity contribution in [3.05, 3.63) is 42.1 Å². The second-order valence-corrected chi connectivity index (χ2v) is 10.2. The SMILES string of the molecule is CCC(=O)C(CC1CCCC1=O)NC(=O)C1C2CC=CC2CN1C(=O)c1cc2c(OC)cccc2[nH]1. The van der Waals surface area contributed by atoms with Crippen LogP contribution in [0.25, 0.3) is 10.9 Å². The standard InChI is InChI=1S/C28H33N3O5/c1-3-23(32)21(13-16-7-5-11-24(16)33)30-27(34)26-18-9-4-8-17(18)15-31(26)28(35)22-14-19-20(29-22)10-6-12-25(19)36-2/h4,6,8,10,12,14,16-18,21,26,29H,3,5,7,9,11,13,15H2,1-2H3,(H,30,34). The Morgan fingerprint density at radius 2 is 2.11 bits per heavy atom. The first-order valence-electron chi connectivity index (χ1n) is 12.9. The zero-order valence-corrected chi connectivity index (χ0v) is 20.8. The molecule has 1 aliphatic heterocycles. The van der Waals surface area contributed by atoms with Crippen LogP contribution in [0.1, 0.15) is 55.9 Å². The average Bonchev–Trinajstić information content (AvgIpc) is 3.66. The Bertz CT molecular complexity index is 1230. The minimum atomic E-state index is -0.711. The highest BCUT2D eigenvalue weighted by Gasteiger charge is 2.49. The van der Waals surface area contributed by atoms with E-state index in [-0.39, 0.29) is 47.6 Å². The van der Waals surface area contributed by atoms with Crippen molar-refractivity contribution >= 4 is 34.3 Å². The number of aromatic amines is 1. The van der Waals surface area contributed by atoms with Crippen LogP contribution in [0.3, 0.4) is 0 Å². The molecule has 0 spiro atoms. The van der Waals surface area contributed by atoms with Crippen LogP contribution in [0.15, 0.2) is 36.4 Å².